The Bertz CT molecular complexity index is 1260. The molecule has 3 N–H and O–H groups in total. The van der Waals surface area contributed by atoms with Crippen LogP contribution in [-0.4, -0.2) is 69.6 Å². The van der Waals surface area contributed by atoms with E-state index in [1.54, 1.807) is 11.0 Å². The summed E-state index contributed by atoms with van der Waals surface area (Å²) in [6.45, 7) is 9.89. The molecule has 2 fully saturated rings. The van der Waals surface area contributed by atoms with Crippen LogP contribution < -0.4 is 11.1 Å². The van der Waals surface area contributed by atoms with Gasteiger partial charge in [-0.15, -0.1) is 0 Å². The summed E-state index contributed by atoms with van der Waals surface area (Å²) in [7, 11) is 2.20. The Morgan fingerprint density at radius 2 is 1.87 bits per heavy atom. The molecule has 0 radical (unpaired) electrons. The quantitative estimate of drug-likeness (QED) is 0.506. The minimum absolute atomic E-state index is 0.445. The van der Waals surface area contributed by atoms with Crippen molar-refractivity contribution in [1.82, 2.24) is 24.6 Å². The molecular formula is C29H41N7O2. The number of aromatic nitrogens is 3. The number of pyridine rings is 1. The summed E-state index contributed by atoms with van der Waals surface area (Å²) >= 11 is 0. The number of piperidine rings is 2. The van der Waals surface area contributed by atoms with Crippen molar-refractivity contribution in [3.63, 3.8) is 0 Å². The second-order valence-electron chi connectivity index (χ2n) is 10.7. The van der Waals surface area contributed by atoms with Crippen molar-refractivity contribution in [2.45, 2.75) is 58.9 Å². The molecule has 1 aromatic carbocycles. The molecule has 9 nitrogen and oxygen atoms in total. The molecule has 5 rings (SSSR count). The van der Waals surface area contributed by atoms with E-state index < -0.39 is 11.8 Å². The molecule has 1 unspecified atom stereocenters. The van der Waals surface area contributed by atoms with Gasteiger partial charge < -0.3 is 20.9 Å². The number of nitrogens with one attached hydrogen (secondary N) is 1. The third kappa shape index (κ3) is 6.51. The number of anilines is 2. The van der Waals surface area contributed by atoms with Crippen molar-refractivity contribution in [3.8, 4) is 0 Å². The lowest BCUT2D eigenvalue weighted by Gasteiger charge is -2.30. The van der Waals surface area contributed by atoms with E-state index in [1.165, 1.54) is 43.2 Å². The number of hydrogen-bond acceptors (Lipinski definition) is 6. The van der Waals surface area contributed by atoms with Gasteiger partial charge in [-0.1, -0.05) is 32.0 Å². The molecule has 1 atom stereocenters. The molecule has 0 bridgehead atoms. The maximum atomic E-state index is 12.1. The average Bonchev–Trinajstić information content (AvgIpc) is 3.26. The number of nitrogens with zero attached hydrogens (tertiary/aromatic N) is 5. The predicted octanol–water partition coefficient (Wildman–Crippen LogP) is 4.03. The fourth-order valence-corrected chi connectivity index (χ4v) is 5.35. The first kappa shape index (κ1) is 27.6. The largest absolute Gasteiger partial charge is 0.383 e. The molecule has 2 saturated heterocycles. The third-order valence-electron chi connectivity index (χ3n) is 7.67. The molecule has 0 saturated carbocycles. The Hall–Kier alpha value is -3.46. The van der Waals surface area contributed by atoms with Gasteiger partial charge in [0.25, 0.3) is 0 Å². The first-order chi connectivity index (χ1) is 18.3. The molecule has 204 valence electrons. The van der Waals surface area contributed by atoms with Gasteiger partial charge in [0, 0.05) is 24.2 Å². The van der Waals surface area contributed by atoms with E-state index in [4.69, 9.17) is 10.8 Å². The fourth-order valence-electron chi connectivity index (χ4n) is 5.35. The molecule has 2 amide bonds. The van der Waals surface area contributed by atoms with Crippen molar-refractivity contribution in [2.24, 2.45) is 5.92 Å². The SMILES string of the molecule is CCc1cc(NC(=O)C(=O)N2CCCC(C)C2)cnc1N.Cc1c2ccccc2nn1C1CCN(C)CC1. The minimum Gasteiger partial charge on any atom is -0.383 e. The van der Waals surface area contributed by atoms with E-state index in [1.807, 2.05) is 6.92 Å². The summed E-state index contributed by atoms with van der Waals surface area (Å²) in [5, 5.41) is 8.66. The Balaban J connectivity index is 0.000000180. The van der Waals surface area contributed by atoms with E-state index in [2.05, 4.69) is 65.0 Å². The molecular weight excluding hydrogens is 478 g/mol. The summed E-state index contributed by atoms with van der Waals surface area (Å²) in [5.41, 5.74) is 9.53. The maximum Gasteiger partial charge on any atom is 0.313 e. The van der Waals surface area contributed by atoms with Crippen LogP contribution in [-0.2, 0) is 16.0 Å². The first-order valence-corrected chi connectivity index (χ1v) is 13.7. The summed E-state index contributed by atoms with van der Waals surface area (Å²) in [6.07, 6.45) is 6.67. The zero-order chi connectivity index (χ0) is 27.2. The molecule has 2 aromatic heterocycles. The summed E-state index contributed by atoms with van der Waals surface area (Å²) < 4.78 is 2.25. The normalized spacial score (nSPS) is 18.6. The Labute approximate surface area is 225 Å². The van der Waals surface area contributed by atoms with Crippen LogP contribution in [0.4, 0.5) is 11.5 Å². The number of fused-ring (bicyclic) bond motifs is 1. The molecule has 38 heavy (non-hydrogen) atoms. The predicted molar refractivity (Wildman–Crippen MR) is 152 cm³/mol. The van der Waals surface area contributed by atoms with Gasteiger partial charge in [0.1, 0.15) is 5.82 Å². The highest BCUT2D eigenvalue weighted by Gasteiger charge is 2.26. The first-order valence-electron chi connectivity index (χ1n) is 13.7. The molecule has 2 aliphatic heterocycles. The van der Waals surface area contributed by atoms with E-state index >= 15 is 0 Å². The van der Waals surface area contributed by atoms with Crippen molar-refractivity contribution in [2.75, 3.05) is 44.3 Å². The topological polar surface area (TPSA) is 109 Å². The van der Waals surface area contributed by atoms with Gasteiger partial charge >= 0.3 is 11.8 Å². The Morgan fingerprint density at radius 3 is 2.55 bits per heavy atom. The number of carbonyl (C=O) groups excluding carboxylic acids is 2. The highest BCUT2D eigenvalue weighted by atomic mass is 16.2. The van der Waals surface area contributed by atoms with Gasteiger partial charge in [0.15, 0.2) is 0 Å². The van der Waals surface area contributed by atoms with Crippen molar-refractivity contribution in [3.05, 3.63) is 47.8 Å². The zero-order valence-electron chi connectivity index (χ0n) is 23.1. The van der Waals surface area contributed by atoms with Crippen LogP contribution in [0.25, 0.3) is 10.9 Å². The van der Waals surface area contributed by atoms with Gasteiger partial charge in [0.2, 0.25) is 0 Å². The lowest BCUT2D eigenvalue weighted by atomic mass is 10.0. The van der Waals surface area contributed by atoms with E-state index in [-0.39, 0.29) is 0 Å². The number of amides is 2. The fraction of sp³-hybridized carbons (Fsp3) is 0.517. The smallest absolute Gasteiger partial charge is 0.313 e. The second-order valence-corrected chi connectivity index (χ2v) is 10.7. The number of likely N-dealkylation sites (tertiary alicyclic amines) is 2. The second kappa shape index (κ2) is 12.4. The number of carbonyl (C=O) groups is 2. The maximum absolute atomic E-state index is 12.1. The summed E-state index contributed by atoms with van der Waals surface area (Å²) in [6, 6.07) is 10.8. The van der Waals surface area contributed by atoms with Gasteiger partial charge in [0.05, 0.1) is 23.4 Å². The van der Waals surface area contributed by atoms with Gasteiger partial charge in [-0.2, -0.15) is 5.10 Å². The van der Waals surface area contributed by atoms with Crippen LogP contribution in [0.2, 0.25) is 0 Å². The number of nitrogens with two attached hydrogens (primary N) is 1. The zero-order valence-corrected chi connectivity index (χ0v) is 23.1. The Morgan fingerprint density at radius 1 is 1.13 bits per heavy atom. The van der Waals surface area contributed by atoms with Crippen LogP contribution in [0.3, 0.4) is 0 Å². The number of aryl methyl sites for hydroxylation is 2. The van der Waals surface area contributed by atoms with Gasteiger partial charge in [-0.05, 0) is 82.8 Å². The summed E-state index contributed by atoms with van der Waals surface area (Å²) in [4.78, 5) is 32.2. The highest BCUT2D eigenvalue weighted by Crippen LogP contribution is 2.26. The molecule has 0 spiro atoms. The molecule has 3 aromatic rings. The number of benzene rings is 1. The van der Waals surface area contributed by atoms with Crippen LogP contribution >= 0.6 is 0 Å². The highest BCUT2D eigenvalue weighted by molar-refractivity contribution is 6.39. The lowest BCUT2D eigenvalue weighted by molar-refractivity contribution is -0.144. The van der Waals surface area contributed by atoms with Crippen molar-refractivity contribution in [1.29, 1.82) is 0 Å². The molecule has 2 aliphatic rings. The number of hydrogen-bond donors (Lipinski definition) is 2. The standard InChI is InChI=1S/C15H22N4O2.C14H19N3/c1-3-11-7-12(8-17-13(11)16)18-14(20)15(21)19-6-4-5-10(2)9-19;1-11-13-5-3-4-6-14(13)15-17(11)12-7-9-16(2)10-8-12/h7-8,10H,3-6,9H2,1-2H3,(H2,16,17)(H,18,20);3-6,12H,7-10H2,1-2H3. The number of rotatable bonds is 3. The molecule has 4 heterocycles. The van der Waals surface area contributed by atoms with Gasteiger partial charge in [-0.25, -0.2) is 4.98 Å². The van der Waals surface area contributed by atoms with E-state index in [0.717, 1.165) is 30.3 Å². The van der Waals surface area contributed by atoms with E-state index in [9.17, 15) is 9.59 Å². The van der Waals surface area contributed by atoms with Crippen LogP contribution in [0.1, 0.15) is 56.8 Å². The van der Waals surface area contributed by atoms with Crippen molar-refractivity contribution >= 4 is 34.2 Å². The molecule has 0 aliphatic carbocycles. The van der Waals surface area contributed by atoms with Gasteiger partial charge in [-0.3, -0.25) is 14.3 Å². The van der Waals surface area contributed by atoms with Crippen LogP contribution in [0, 0.1) is 12.8 Å². The van der Waals surface area contributed by atoms with Crippen LogP contribution in [0.15, 0.2) is 36.5 Å². The third-order valence-corrected chi connectivity index (χ3v) is 7.67. The average molecular weight is 520 g/mol. The van der Waals surface area contributed by atoms with Crippen molar-refractivity contribution < 1.29 is 9.59 Å². The minimum atomic E-state index is -0.613. The monoisotopic (exact) mass is 519 g/mol. The lowest BCUT2D eigenvalue weighted by Crippen LogP contribution is -2.44. The van der Waals surface area contributed by atoms with Crippen LogP contribution in [0.5, 0.6) is 0 Å². The Kier molecular flexibility index (Phi) is 8.99. The van der Waals surface area contributed by atoms with E-state index in [0.29, 0.717) is 36.6 Å². The number of nitrogen functional groups attached to an aromatic ring is 1. The molecule has 9 heteroatoms. The summed E-state index contributed by atoms with van der Waals surface area (Å²) in [5.74, 6) is -0.193.